The third kappa shape index (κ3) is 4.04. The number of ether oxygens (including phenoxy) is 2. The molecule has 3 N–H and O–H groups in total. The number of amides is 2. The monoisotopic (exact) mass is 335 g/mol. The van der Waals surface area contributed by atoms with Crippen LogP contribution < -0.4 is 20.7 Å². The van der Waals surface area contributed by atoms with E-state index in [9.17, 15) is 9.59 Å². The van der Waals surface area contributed by atoms with E-state index in [4.69, 9.17) is 15.2 Å². The SMILES string of the molecule is CCC1Oc2ccc(C(C)N)cc2N(CC(=O)NCCOC)C1=O. The van der Waals surface area contributed by atoms with Crippen LogP contribution in [0.4, 0.5) is 5.69 Å². The summed E-state index contributed by atoms with van der Waals surface area (Å²) in [4.78, 5) is 26.2. The number of hydrogen-bond acceptors (Lipinski definition) is 5. The number of nitrogens with two attached hydrogens (primary N) is 1. The Morgan fingerprint density at radius 3 is 2.88 bits per heavy atom. The van der Waals surface area contributed by atoms with E-state index in [2.05, 4.69) is 5.32 Å². The van der Waals surface area contributed by atoms with Crippen molar-refractivity contribution < 1.29 is 19.1 Å². The first-order valence-corrected chi connectivity index (χ1v) is 8.11. The summed E-state index contributed by atoms with van der Waals surface area (Å²) in [6, 6.07) is 5.32. The van der Waals surface area contributed by atoms with Gasteiger partial charge in [-0.3, -0.25) is 14.5 Å². The van der Waals surface area contributed by atoms with Crippen LogP contribution in [0.3, 0.4) is 0 Å². The van der Waals surface area contributed by atoms with Gasteiger partial charge in [-0.25, -0.2) is 0 Å². The number of fused-ring (bicyclic) bond motifs is 1. The number of nitrogens with one attached hydrogen (secondary N) is 1. The van der Waals surface area contributed by atoms with Crippen molar-refractivity contribution >= 4 is 17.5 Å². The molecule has 0 saturated heterocycles. The van der Waals surface area contributed by atoms with Crippen LogP contribution in [0.15, 0.2) is 18.2 Å². The Morgan fingerprint density at radius 1 is 1.50 bits per heavy atom. The Hall–Kier alpha value is -2.12. The van der Waals surface area contributed by atoms with Gasteiger partial charge in [-0.15, -0.1) is 0 Å². The lowest BCUT2D eigenvalue weighted by atomic mass is 10.0. The van der Waals surface area contributed by atoms with E-state index >= 15 is 0 Å². The lowest BCUT2D eigenvalue weighted by Gasteiger charge is -2.34. The van der Waals surface area contributed by atoms with Crippen LogP contribution in [0.2, 0.25) is 0 Å². The smallest absolute Gasteiger partial charge is 0.268 e. The molecule has 0 bridgehead atoms. The van der Waals surface area contributed by atoms with Gasteiger partial charge in [0.15, 0.2) is 6.10 Å². The number of rotatable bonds is 7. The van der Waals surface area contributed by atoms with Crippen LogP contribution in [0.5, 0.6) is 5.75 Å². The maximum atomic E-state index is 12.6. The molecule has 2 atom stereocenters. The lowest BCUT2D eigenvalue weighted by Crippen LogP contribution is -2.50. The summed E-state index contributed by atoms with van der Waals surface area (Å²) in [5.74, 6) is 0.138. The molecule has 7 nitrogen and oxygen atoms in total. The minimum atomic E-state index is -0.578. The van der Waals surface area contributed by atoms with Crippen LogP contribution in [-0.2, 0) is 14.3 Å². The van der Waals surface area contributed by atoms with Gasteiger partial charge < -0.3 is 20.5 Å². The normalized spacial score (nSPS) is 17.9. The van der Waals surface area contributed by atoms with Crippen LogP contribution in [-0.4, -0.2) is 44.7 Å². The zero-order valence-corrected chi connectivity index (χ0v) is 14.4. The molecule has 1 aliphatic heterocycles. The molecule has 1 aromatic rings. The van der Waals surface area contributed by atoms with Gasteiger partial charge in [0.2, 0.25) is 5.91 Å². The van der Waals surface area contributed by atoms with E-state index in [0.29, 0.717) is 31.0 Å². The summed E-state index contributed by atoms with van der Waals surface area (Å²) in [6.07, 6.45) is -0.0415. The third-order valence-electron chi connectivity index (χ3n) is 3.91. The Bertz CT molecular complexity index is 603. The average Bonchev–Trinajstić information content (AvgIpc) is 2.56. The fourth-order valence-electron chi connectivity index (χ4n) is 2.54. The minimum Gasteiger partial charge on any atom is -0.478 e. The molecule has 1 aromatic carbocycles. The molecule has 0 radical (unpaired) electrons. The second-order valence-electron chi connectivity index (χ2n) is 5.80. The summed E-state index contributed by atoms with van der Waals surface area (Å²) >= 11 is 0. The molecule has 0 fully saturated rings. The van der Waals surface area contributed by atoms with Crippen molar-refractivity contribution in [2.45, 2.75) is 32.4 Å². The van der Waals surface area contributed by atoms with Gasteiger partial charge in [-0.05, 0) is 31.0 Å². The standard InChI is InChI=1S/C17H25N3O4/c1-4-14-17(22)20(10-16(21)19-7-8-23-3)13-9-12(11(2)18)5-6-15(13)24-14/h5-6,9,11,14H,4,7-8,10,18H2,1-3H3,(H,19,21). The number of anilines is 1. The molecule has 2 amide bonds. The largest absolute Gasteiger partial charge is 0.478 e. The highest BCUT2D eigenvalue weighted by Crippen LogP contribution is 2.36. The molecule has 1 heterocycles. The Kier molecular flexibility index (Phi) is 6.16. The fraction of sp³-hybridized carbons (Fsp3) is 0.529. The molecule has 0 aromatic heterocycles. The summed E-state index contributed by atoms with van der Waals surface area (Å²) in [7, 11) is 1.56. The lowest BCUT2D eigenvalue weighted by molar-refractivity contribution is -0.129. The first-order chi connectivity index (χ1) is 11.5. The third-order valence-corrected chi connectivity index (χ3v) is 3.91. The second-order valence-corrected chi connectivity index (χ2v) is 5.80. The van der Waals surface area contributed by atoms with E-state index in [0.717, 1.165) is 5.56 Å². The average molecular weight is 335 g/mol. The summed E-state index contributed by atoms with van der Waals surface area (Å²) in [6.45, 7) is 4.51. The number of carbonyl (C=O) groups excluding carboxylic acids is 2. The molecule has 0 spiro atoms. The second kappa shape index (κ2) is 8.12. The maximum Gasteiger partial charge on any atom is 0.268 e. The molecule has 0 aliphatic carbocycles. The van der Waals surface area contributed by atoms with Crippen LogP contribution >= 0.6 is 0 Å². The first-order valence-electron chi connectivity index (χ1n) is 8.11. The van der Waals surface area contributed by atoms with Crippen LogP contribution in [0.1, 0.15) is 31.9 Å². The Labute approximate surface area is 142 Å². The molecule has 132 valence electrons. The molecule has 2 rings (SSSR count). The highest BCUT2D eigenvalue weighted by molar-refractivity contribution is 6.03. The van der Waals surface area contributed by atoms with Crippen molar-refractivity contribution in [3.63, 3.8) is 0 Å². The maximum absolute atomic E-state index is 12.6. The molecule has 24 heavy (non-hydrogen) atoms. The van der Waals surface area contributed by atoms with Crippen molar-refractivity contribution in [2.24, 2.45) is 5.73 Å². The summed E-state index contributed by atoms with van der Waals surface area (Å²) < 4.78 is 10.7. The molecule has 0 saturated carbocycles. The van der Waals surface area contributed by atoms with Gasteiger partial charge in [0.1, 0.15) is 12.3 Å². The predicted molar refractivity (Wildman–Crippen MR) is 91.0 cm³/mol. The van der Waals surface area contributed by atoms with Gasteiger partial charge in [0, 0.05) is 19.7 Å². The number of hydrogen-bond donors (Lipinski definition) is 2. The highest BCUT2D eigenvalue weighted by atomic mass is 16.5. The van der Waals surface area contributed by atoms with Gasteiger partial charge in [0.05, 0.1) is 12.3 Å². The van der Waals surface area contributed by atoms with Crippen LogP contribution in [0.25, 0.3) is 0 Å². The first kappa shape index (κ1) is 18.2. The zero-order valence-electron chi connectivity index (χ0n) is 14.4. The number of benzene rings is 1. The van der Waals surface area contributed by atoms with Gasteiger partial charge in [-0.1, -0.05) is 13.0 Å². The van der Waals surface area contributed by atoms with E-state index in [-0.39, 0.29) is 24.4 Å². The fourth-order valence-corrected chi connectivity index (χ4v) is 2.54. The topological polar surface area (TPSA) is 93.9 Å². The van der Waals surface area contributed by atoms with Crippen molar-refractivity contribution in [3.8, 4) is 5.75 Å². The van der Waals surface area contributed by atoms with Crippen molar-refractivity contribution in [1.82, 2.24) is 5.32 Å². The van der Waals surface area contributed by atoms with Crippen LogP contribution in [0, 0.1) is 0 Å². The van der Waals surface area contributed by atoms with Gasteiger partial charge in [-0.2, -0.15) is 0 Å². The number of nitrogens with zero attached hydrogens (tertiary/aromatic N) is 1. The zero-order chi connectivity index (χ0) is 17.7. The molecule has 2 unspecified atom stereocenters. The molecular formula is C17H25N3O4. The summed E-state index contributed by atoms with van der Waals surface area (Å²) in [5.41, 5.74) is 7.39. The number of methoxy groups -OCH3 is 1. The minimum absolute atomic E-state index is 0.0577. The van der Waals surface area contributed by atoms with Crippen molar-refractivity contribution in [1.29, 1.82) is 0 Å². The van der Waals surface area contributed by atoms with E-state index in [1.807, 2.05) is 26.0 Å². The molecular weight excluding hydrogens is 310 g/mol. The van der Waals surface area contributed by atoms with Gasteiger partial charge in [0.25, 0.3) is 5.91 Å². The van der Waals surface area contributed by atoms with Crippen molar-refractivity contribution in [2.75, 3.05) is 31.7 Å². The summed E-state index contributed by atoms with van der Waals surface area (Å²) in [5, 5.41) is 2.73. The van der Waals surface area contributed by atoms with Gasteiger partial charge >= 0.3 is 0 Å². The van der Waals surface area contributed by atoms with E-state index in [1.165, 1.54) is 4.90 Å². The van der Waals surface area contributed by atoms with E-state index < -0.39 is 6.10 Å². The quantitative estimate of drug-likeness (QED) is 0.724. The highest BCUT2D eigenvalue weighted by Gasteiger charge is 2.34. The molecule has 7 heteroatoms. The Balaban J connectivity index is 2.25. The predicted octanol–water partition coefficient (Wildman–Crippen LogP) is 0.973. The molecule has 1 aliphatic rings. The van der Waals surface area contributed by atoms with E-state index in [1.54, 1.807) is 13.2 Å². The van der Waals surface area contributed by atoms with Crippen molar-refractivity contribution in [3.05, 3.63) is 23.8 Å². The number of carbonyl (C=O) groups is 2. The Morgan fingerprint density at radius 2 is 2.25 bits per heavy atom.